The van der Waals surface area contributed by atoms with E-state index in [9.17, 15) is 18.4 Å². The maximum absolute atomic E-state index is 14.2. The predicted octanol–water partition coefficient (Wildman–Crippen LogP) is 2.55. The van der Waals surface area contributed by atoms with Gasteiger partial charge in [-0.1, -0.05) is 23.5 Å². The maximum Gasteiger partial charge on any atom is 0.296 e. The van der Waals surface area contributed by atoms with Crippen molar-refractivity contribution in [2.45, 2.75) is 24.2 Å². The van der Waals surface area contributed by atoms with Gasteiger partial charge < -0.3 is 0 Å². The molecule has 0 aliphatic rings. The number of rotatable bonds is 7. The van der Waals surface area contributed by atoms with Gasteiger partial charge in [0.25, 0.3) is 11.1 Å². The van der Waals surface area contributed by atoms with Gasteiger partial charge in [0.2, 0.25) is 22.2 Å². The van der Waals surface area contributed by atoms with E-state index < -0.39 is 22.8 Å². The van der Waals surface area contributed by atoms with Gasteiger partial charge in [0.05, 0.1) is 11.4 Å². The first-order valence-corrected chi connectivity index (χ1v) is 15.2. The summed E-state index contributed by atoms with van der Waals surface area (Å²) in [6.45, 7) is 3.00. The van der Waals surface area contributed by atoms with Crippen LogP contribution in [0.25, 0.3) is 0 Å². The number of hydrogen-bond acceptors (Lipinski definition) is 11. The van der Waals surface area contributed by atoms with Gasteiger partial charge in [0.15, 0.2) is 0 Å². The molecule has 4 aromatic rings. The second-order valence-corrected chi connectivity index (χ2v) is 10.6. The normalized spacial score (nSPS) is 12.0. The summed E-state index contributed by atoms with van der Waals surface area (Å²) in [4.78, 5) is 32.6. The van der Waals surface area contributed by atoms with E-state index >= 15 is 0 Å². The van der Waals surface area contributed by atoms with Gasteiger partial charge in [-0.15, -0.1) is 25.5 Å². The summed E-state index contributed by atoms with van der Waals surface area (Å²) in [6, 6.07) is 10.6. The molecule has 230 valence electrons. The van der Waals surface area contributed by atoms with Gasteiger partial charge in [-0.2, -0.15) is 9.35 Å². The number of guanidine groups is 2. The Kier molecular flexibility index (Phi) is 10.4. The number of nitrogens with one attached hydrogen (secondary N) is 2. The summed E-state index contributed by atoms with van der Waals surface area (Å²) in [7, 11) is 3.37. The van der Waals surface area contributed by atoms with E-state index in [0.29, 0.717) is 5.69 Å². The lowest BCUT2D eigenvalue weighted by molar-refractivity contribution is 0.358. The van der Waals surface area contributed by atoms with Gasteiger partial charge in [-0.05, 0) is 74.9 Å². The van der Waals surface area contributed by atoms with E-state index in [2.05, 4.69) is 41.3 Å². The number of aryl methyl sites for hydroxylation is 2. The molecule has 2 aromatic carbocycles. The van der Waals surface area contributed by atoms with Crippen molar-refractivity contribution >= 4 is 46.8 Å². The third-order valence-electron chi connectivity index (χ3n) is 5.62. The number of halogens is 2. The molecule has 0 radical (unpaired) electrons. The van der Waals surface area contributed by atoms with Crippen LogP contribution < -0.4 is 26.9 Å². The minimum atomic E-state index is -0.540. The molecule has 2 aromatic heterocycles. The highest BCUT2D eigenvalue weighted by molar-refractivity contribution is 7.98. The molecule has 44 heavy (non-hydrogen) atoms. The molecule has 0 atom stereocenters. The highest BCUT2D eigenvalue weighted by Gasteiger charge is 2.25. The zero-order valence-corrected chi connectivity index (χ0v) is 26.1. The first kappa shape index (κ1) is 32.2. The summed E-state index contributed by atoms with van der Waals surface area (Å²) in [6.07, 6.45) is 3.42. The molecule has 2 heterocycles. The lowest BCUT2D eigenvalue weighted by Gasteiger charge is -2.30. The minimum absolute atomic E-state index is 0.0303. The van der Waals surface area contributed by atoms with Crippen LogP contribution in [-0.2, 0) is 0 Å². The van der Waals surface area contributed by atoms with Crippen molar-refractivity contribution in [3.63, 3.8) is 0 Å². The molecule has 0 unspecified atom stereocenters. The third-order valence-corrected chi connectivity index (χ3v) is 6.87. The molecule has 0 saturated carbocycles. The number of hydrazine groups is 1. The van der Waals surface area contributed by atoms with Crippen LogP contribution in [-0.4, -0.2) is 73.3 Å². The molecule has 0 amide bonds. The molecule has 2 N–H and O–H groups in total. The molecule has 14 nitrogen and oxygen atoms in total. The Balaban J connectivity index is 2.08. The van der Waals surface area contributed by atoms with Crippen molar-refractivity contribution in [3.05, 3.63) is 92.3 Å². The van der Waals surface area contributed by atoms with E-state index in [-0.39, 0.29) is 39.3 Å². The van der Waals surface area contributed by atoms with Crippen LogP contribution in [0.4, 0.5) is 20.2 Å². The van der Waals surface area contributed by atoms with Gasteiger partial charge in [-0.3, -0.25) is 20.4 Å². The third kappa shape index (κ3) is 7.44. The van der Waals surface area contributed by atoms with Gasteiger partial charge >= 0.3 is 0 Å². The zero-order chi connectivity index (χ0) is 32.0. The largest absolute Gasteiger partial charge is 0.296 e. The number of anilines is 1. The van der Waals surface area contributed by atoms with E-state index in [1.54, 1.807) is 31.6 Å². The average molecular weight is 643 g/mol. The fourth-order valence-corrected chi connectivity index (χ4v) is 4.41. The highest BCUT2D eigenvalue weighted by atomic mass is 32.2. The molecule has 4 rings (SSSR count). The van der Waals surface area contributed by atoms with Crippen LogP contribution in [0, 0.1) is 25.5 Å². The SMILES string of the molecule is CSc1nnc(C)c(=O)n1/N=C(\NN(C)C)N(C(=Nc1ccc(F)cc1)Nn1c(SC)nnc(C)c1=O)c1ccc(F)cc1. The van der Waals surface area contributed by atoms with Crippen molar-refractivity contribution < 1.29 is 8.78 Å². The van der Waals surface area contributed by atoms with Crippen molar-refractivity contribution in [2.75, 3.05) is 36.9 Å². The van der Waals surface area contributed by atoms with Crippen LogP contribution in [0.5, 0.6) is 0 Å². The lowest BCUT2D eigenvalue weighted by Crippen LogP contribution is -2.54. The number of thioether (sulfide) groups is 2. The number of aromatic nitrogens is 6. The zero-order valence-electron chi connectivity index (χ0n) is 24.5. The van der Waals surface area contributed by atoms with Crippen LogP contribution in [0.15, 0.2) is 78.5 Å². The first-order chi connectivity index (χ1) is 21.0. The Morgan fingerprint density at radius 1 is 0.795 bits per heavy atom. The van der Waals surface area contributed by atoms with E-state index in [4.69, 9.17) is 0 Å². The summed E-state index contributed by atoms with van der Waals surface area (Å²) in [5, 5.41) is 22.5. The van der Waals surface area contributed by atoms with E-state index in [0.717, 1.165) is 32.9 Å². The summed E-state index contributed by atoms with van der Waals surface area (Å²) >= 11 is 2.28. The fourth-order valence-electron chi connectivity index (χ4n) is 3.55. The Hall–Kier alpha value is -4.68. The molecular formula is C26H28F2N12O2S2. The standard InChI is InChI=1S/C26H28F2N12O2S2/c1-15-21(41)39(25(43-5)32-30-15)35-23(29-19-11-7-17(27)8-12-19)38(20-13-9-18(28)10-14-20)24(34-37(3)4)36-40-22(42)16(2)31-33-26(40)44-6/h7-14H,1-6H3,(H,29,35)(H,34,36). The smallest absolute Gasteiger partial charge is 0.287 e. The number of hydrogen-bond donors (Lipinski definition) is 2. The molecular weight excluding hydrogens is 614 g/mol. The molecule has 0 aliphatic heterocycles. The quantitative estimate of drug-likeness (QED) is 0.132. The summed E-state index contributed by atoms with van der Waals surface area (Å²) in [5.74, 6) is -1.09. The molecule has 18 heteroatoms. The molecule has 0 saturated heterocycles. The first-order valence-electron chi connectivity index (χ1n) is 12.7. The summed E-state index contributed by atoms with van der Waals surface area (Å²) in [5.41, 5.74) is 5.76. The van der Waals surface area contributed by atoms with Gasteiger partial charge in [-0.25, -0.2) is 23.7 Å². The molecule has 0 aliphatic carbocycles. The second-order valence-electron chi connectivity index (χ2n) is 9.07. The van der Waals surface area contributed by atoms with E-state index in [1.807, 2.05) is 0 Å². The number of benzene rings is 2. The Bertz CT molecular complexity index is 1810. The number of aliphatic imine (C=N–C) groups is 1. The van der Waals surface area contributed by atoms with Crippen molar-refractivity contribution in [1.29, 1.82) is 0 Å². The van der Waals surface area contributed by atoms with Crippen LogP contribution in [0.2, 0.25) is 0 Å². The molecule has 0 spiro atoms. The summed E-state index contributed by atoms with van der Waals surface area (Å²) < 4.78 is 30.2. The van der Waals surface area contributed by atoms with Gasteiger partial charge in [0, 0.05) is 14.1 Å². The topological polar surface area (TPSA) is 151 Å². The average Bonchev–Trinajstić information content (AvgIpc) is 2.99. The Morgan fingerprint density at radius 2 is 1.34 bits per heavy atom. The maximum atomic E-state index is 14.2. The van der Waals surface area contributed by atoms with Crippen LogP contribution in [0.1, 0.15) is 11.4 Å². The lowest BCUT2D eigenvalue weighted by atomic mass is 10.3. The van der Waals surface area contributed by atoms with Crippen molar-refractivity contribution in [1.82, 2.24) is 40.2 Å². The van der Waals surface area contributed by atoms with Crippen molar-refractivity contribution in [3.8, 4) is 0 Å². The predicted molar refractivity (Wildman–Crippen MR) is 167 cm³/mol. The number of nitrogens with zero attached hydrogens (tertiary/aromatic N) is 10. The highest BCUT2D eigenvalue weighted by Crippen LogP contribution is 2.21. The van der Waals surface area contributed by atoms with Crippen LogP contribution >= 0.6 is 23.5 Å². The van der Waals surface area contributed by atoms with Gasteiger partial charge in [0.1, 0.15) is 23.0 Å². The second kappa shape index (κ2) is 14.2. The minimum Gasteiger partial charge on any atom is -0.287 e. The monoisotopic (exact) mass is 642 g/mol. The fraction of sp³-hybridized carbons (Fsp3) is 0.231. The Labute approximate surface area is 258 Å². The van der Waals surface area contributed by atoms with Crippen LogP contribution in [0.3, 0.4) is 0 Å². The molecule has 0 fully saturated rings. The Morgan fingerprint density at radius 3 is 1.91 bits per heavy atom. The molecule has 0 bridgehead atoms. The van der Waals surface area contributed by atoms with Crippen molar-refractivity contribution in [2.24, 2.45) is 10.1 Å². The van der Waals surface area contributed by atoms with E-state index in [1.165, 1.54) is 67.3 Å².